The number of amides is 2. The molecule has 4 nitrogen and oxygen atoms in total. The Kier molecular flexibility index (Phi) is 5.46. The second kappa shape index (κ2) is 5.80. The van der Waals surface area contributed by atoms with Gasteiger partial charge in [-0.15, -0.1) is 0 Å². The van der Waals surface area contributed by atoms with E-state index in [1.54, 1.807) is 0 Å². The number of aliphatic hydroxyl groups is 1. The first-order chi connectivity index (χ1) is 6.02. The highest BCUT2D eigenvalue weighted by atomic mass is 16.3. The first kappa shape index (κ1) is 12.2. The Morgan fingerprint density at radius 1 is 1.38 bits per heavy atom. The van der Waals surface area contributed by atoms with Crippen LogP contribution in [0.2, 0.25) is 0 Å². The highest BCUT2D eigenvalue weighted by Gasteiger charge is 2.17. The molecule has 0 bridgehead atoms. The van der Waals surface area contributed by atoms with E-state index in [2.05, 4.69) is 10.6 Å². The van der Waals surface area contributed by atoms with Crippen LogP contribution in [0.15, 0.2) is 0 Å². The van der Waals surface area contributed by atoms with Crippen LogP contribution in [0.25, 0.3) is 0 Å². The molecule has 2 amide bonds. The second-order valence-corrected chi connectivity index (χ2v) is 3.85. The van der Waals surface area contributed by atoms with Crippen LogP contribution in [-0.2, 0) is 0 Å². The third-order valence-corrected chi connectivity index (χ3v) is 1.85. The number of carbonyl (C=O) groups is 1. The summed E-state index contributed by atoms with van der Waals surface area (Å²) < 4.78 is 0. The average Bonchev–Trinajstić information content (AvgIpc) is 2.02. The molecule has 0 aromatic carbocycles. The van der Waals surface area contributed by atoms with Crippen molar-refractivity contribution in [3.8, 4) is 0 Å². The summed E-state index contributed by atoms with van der Waals surface area (Å²) >= 11 is 0. The van der Waals surface area contributed by atoms with Crippen LogP contribution in [-0.4, -0.2) is 30.8 Å². The van der Waals surface area contributed by atoms with E-state index < -0.39 is 0 Å². The maximum absolute atomic E-state index is 11.0. The molecular formula is C9H20N2O2. The molecule has 0 atom stereocenters. The maximum atomic E-state index is 11.0. The number of aliphatic hydroxyl groups excluding tert-OH is 1. The van der Waals surface area contributed by atoms with Crippen molar-refractivity contribution < 1.29 is 9.90 Å². The molecule has 4 heteroatoms. The first-order valence-corrected chi connectivity index (χ1v) is 4.64. The molecule has 3 N–H and O–H groups in total. The Bertz CT molecular complexity index is 158. The fourth-order valence-corrected chi connectivity index (χ4v) is 0.934. The van der Waals surface area contributed by atoms with Crippen molar-refractivity contribution in [1.29, 1.82) is 0 Å². The molecule has 13 heavy (non-hydrogen) atoms. The highest BCUT2D eigenvalue weighted by Crippen LogP contribution is 2.17. The molecule has 0 radical (unpaired) electrons. The number of carbonyl (C=O) groups excluding carboxylic acids is 1. The normalized spacial score (nSPS) is 11.1. The Labute approximate surface area is 79.7 Å². The number of urea groups is 1. The van der Waals surface area contributed by atoms with E-state index in [0.717, 1.165) is 0 Å². The molecule has 0 heterocycles. The molecule has 0 saturated carbocycles. The molecular weight excluding hydrogens is 168 g/mol. The van der Waals surface area contributed by atoms with E-state index in [9.17, 15) is 4.79 Å². The van der Waals surface area contributed by atoms with Gasteiger partial charge in [-0.25, -0.2) is 4.79 Å². The van der Waals surface area contributed by atoms with Crippen molar-refractivity contribution in [2.45, 2.75) is 27.2 Å². The zero-order chi connectivity index (χ0) is 10.3. The molecule has 0 aromatic heterocycles. The number of rotatable bonds is 5. The van der Waals surface area contributed by atoms with Crippen molar-refractivity contribution in [2.75, 3.05) is 19.7 Å². The number of hydrogen-bond acceptors (Lipinski definition) is 2. The van der Waals surface area contributed by atoms with Gasteiger partial charge in [0.1, 0.15) is 0 Å². The molecule has 0 aliphatic heterocycles. The van der Waals surface area contributed by atoms with E-state index in [0.29, 0.717) is 19.5 Å². The Balaban J connectivity index is 3.67. The predicted molar refractivity (Wildman–Crippen MR) is 52.6 cm³/mol. The molecule has 0 unspecified atom stereocenters. The molecule has 0 spiro atoms. The van der Waals surface area contributed by atoms with E-state index in [-0.39, 0.29) is 18.1 Å². The van der Waals surface area contributed by atoms with Crippen LogP contribution in [0, 0.1) is 5.41 Å². The van der Waals surface area contributed by atoms with Gasteiger partial charge in [0, 0.05) is 19.7 Å². The zero-order valence-electron chi connectivity index (χ0n) is 8.68. The molecule has 78 valence electrons. The summed E-state index contributed by atoms with van der Waals surface area (Å²) in [6, 6.07) is -0.145. The standard InChI is InChI=1S/C9H20N2O2/c1-4-10-8(13)11-7-9(2,3)5-6-12/h12H,4-7H2,1-3H3,(H2,10,11,13). The van der Waals surface area contributed by atoms with E-state index in [1.807, 2.05) is 20.8 Å². The Morgan fingerprint density at radius 2 is 2.00 bits per heavy atom. The van der Waals surface area contributed by atoms with Gasteiger partial charge in [-0.1, -0.05) is 13.8 Å². The van der Waals surface area contributed by atoms with Gasteiger partial charge in [0.25, 0.3) is 0 Å². The lowest BCUT2D eigenvalue weighted by Crippen LogP contribution is -2.40. The van der Waals surface area contributed by atoms with Crippen molar-refractivity contribution in [2.24, 2.45) is 5.41 Å². The smallest absolute Gasteiger partial charge is 0.314 e. The van der Waals surface area contributed by atoms with Gasteiger partial charge in [0.2, 0.25) is 0 Å². The molecule has 0 saturated heterocycles. The Morgan fingerprint density at radius 3 is 2.46 bits per heavy atom. The third kappa shape index (κ3) is 6.40. The van der Waals surface area contributed by atoms with E-state index in [4.69, 9.17) is 5.11 Å². The zero-order valence-corrected chi connectivity index (χ0v) is 8.68. The molecule has 0 fully saturated rings. The van der Waals surface area contributed by atoms with Crippen LogP contribution in [0.3, 0.4) is 0 Å². The van der Waals surface area contributed by atoms with Gasteiger partial charge in [0.05, 0.1) is 0 Å². The molecule has 0 aliphatic carbocycles. The van der Waals surface area contributed by atoms with E-state index >= 15 is 0 Å². The minimum absolute atomic E-state index is 0.0418. The molecule has 0 aliphatic rings. The van der Waals surface area contributed by atoms with Crippen molar-refractivity contribution in [3.63, 3.8) is 0 Å². The quantitative estimate of drug-likeness (QED) is 0.595. The summed E-state index contributed by atoms with van der Waals surface area (Å²) in [5.41, 5.74) is -0.0418. The SMILES string of the molecule is CCNC(=O)NCC(C)(C)CCO. The average molecular weight is 188 g/mol. The lowest BCUT2D eigenvalue weighted by molar-refractivity contribution is 0.201. The number of hydrogen-bond donors (Lipinski definition) is 3. The fraction of sp³-hybridized carbons (Fsp3) is 0.889. The van der Waals surface area contributed by atoms with Crippen LogP contribution in [0.5, 0.6) is 0 Å². The van der Waals surface area contributed by atoms with Gasteiger partial charge in [0.15, 0.2) is 0 Å². The minimum atomic E-state index is -0.145. The second-order valence-electron chi connectivity index (χ2n) is 3.85. The van der Waals surface area contributed by atoms with Crippen molar-refractivity contribution in [1.82, 2.24) is 10.6 Å². The topological polar surface area (TPSA) is 61.4 Å². The first-order valence-electron chi connectivity index (χ1n) is 4.64. The fourth-order valence-electron chi connectivity index (χ4n) is 0.934. The van der Waals surface area contributed by atoms with Crippen molar-refractivity contribution in [3.05, 3.63) is 0 Å². The van der Waals surface area contributed by atoms with Gasteiger partial charge >= 0.3 is 6.03 Å². The van der Waals surface area contributed by atoms with Crippen LogP contribution >= 0.6 is 0 Å². The predicted octanol–water partition coefficient (Wildman–Crippen LogP) is 0.714. The van der Waals surface area contributed by atoms with Gasteiger partial charge in [-0.05, 0) is 18.8 Å². The third-order valence-electron chi connectivity index (χ3n) is 1.85. The van der Waals surface area contributed by atoms with Crippen molar-refractivity contribution >= 4 is 6.03 Å². The van der Waals surface area contributed by atoms with Crippen LogP contribution < -0.4 is 10.6 Å². The minimum Gasteiger partial charge on any atom is -0.396 e. The van der Waals surface area contributed by atoms with Gasteiger partial charge < -0.3 is 15.7 Å². The summed E-state index contributed by atoms with van der Waals surface area (Å²) in [6.45, 7) is 7.26. The summed E-state index contributed by atoms with van der Waals surface area (Å²) in [5, 5.41) is 14.1. The van der Waals surface area contributed by atoms with E-state index in [1.165, 1.54) is 0 Å². The Hall–Kier alpha value is -0.770. The lowest BCUT2D eigenvalue weighted by atomic mass is 9.90. The maximum Gasteiger partial charge on any atom is 0.314 e. The van der Waals surface area contributed by atoms with Gasteiger partial charge in [-0.3, -0.25) is 0 Å². The summed E-state index contributed by atoms with van der Waals surface area (Å²) in [4.78, 5) is 11.0. The number of nitrogens with one attached hydrogen (secondary N) is 2. The summed E-state index contributed by atoms with van der Waals surface area (Å²) in [7, 11) is 0. The lowest BCUT2D eigenvalue weighted by Gasteiger charge is -2.23. The van der Waals surface area contributed by atoms with Crippen LogP contribution in [0.4, 0.5) is 4.79 Å². The van der Waals surface area contributed by atoms with Crippen LogP contribution in [0.1, 0.15) is 27.2 Å². The molecule has 0 aromatic rings. The van der Waals surface area contributed by atoms with Gasteiger partial charge in [-0.2, -0.15) is 0 Å². The summed E-state index contributed by atoms with van der Waals surface area (Å²) in [6.07, 6.45) is 0.694. The highest BCUT2D eigenvalue weighted by molar-refractivity contribution is 5.73. The molecule has 0 rings (SSSR count). The largest absolute Gasteiger partial charge is 0.396 e. The summed E-state index contributed by atoms with van der Waals surface area (Å²) in [5.74, 6) is 0. The monoisotopic (exact) mass is 188 g/mol.